The molecule has 0 aromatic carbocycles. The fourth-order valence-electron chi connectivity index (χ4n) is 2.27. The predicted molar refractivity (Wildman–Crippen MR) is 93.6 cm³/mol. The molecule has 8 nitrogen and oxygen atoms in total. The van der Waals surface area contributed by atoms with Gasteiger partial charge in [-0.2, -0.15) is 5.26 Å². The van der Waals surface area contributed by atoms with E-state index in [0.717, 1.165) is 10.1 Å². The third kappa shape index (κ3) is 4.07. The normalized spacial score (nSPS) is 11.0. The molecule has 0 amide bonds. The summed E-state index contributed by atoms with van der Waals surface area (Å²) in [7, 11) is 2.85. The first-order chi connectivity index (χ1) is 11.6. The molecule has 0 aliphatic rings. The summed E-state index contributed by atoms with van der Waals surface area (Å²) in [5, 5.41) is 12.3. The molecule has 2 aromatic heterocycles. The molecule has 0 aliphatic heterocycles. The lowest BCUT2D eigenvalue weighted by Crippen LogP contribution is -2.39. The number of nitrogens with zero attached hydrogens (tertiary/aromatic N) is 4. The number of ether oxygens (including phenoxy) is 1. The first kappa shape index (κ1) is 18.3. The highest BCUT2D eigenvalue weighted by atomic mass is 16.5. The summed E-state index contributed by atoms with van der Waals surface area (Å²) in [5.41, 5.74) is -0.767. The van der Waals surface area contributed by atoms with Gasteiger partial charge in [-0.15, -0.1) is 0 Å². The van der Waals surface area contributed by atoms with Crippen LogP contribution in [0.1, 0.15) is 31.9 Å². The van der Waals surface area contributed by atoms with Gasteiger partial charge in [0.25, 0.3) is 5.56 Å². The van der Waals surface area contributed by atoms with Gasteiger partial charge in [0.15, 0.2) is 5.56 Å². The van der Waals surface area contributed by atoms with Crippen LogP contribution in [0.25, 0.3) is 0 Å². The molecule has 0 aliphatic carbocycles. The van der Waals surface area contributed by atoms with Crippen LogP contribution >= 0.6 is 0 Å². The molecule has 2 heterocycles. The maximum atomic E-state index is 12.1. The zero-order valence-corrected chi connectivity index (χ0v) is 15.0. The van der Waals surface area contributed by atoms with Crippen molar-refractivity contribution in [3.8, 4) is 11.9 Å². The number of nitrogens with one attached hydrogen (secondary N) is 1. The van der Waals surface area contributed by atoms with Crippen molar-refractivity contribution in [3.63, 3.8) is 0 Å². The Morgan fingerprint density at radius 2 is 1.96 bits per heavy atom. The molecule has 0 fully saturated rings. The number of hydrogen-bond acceptors (Lipinski definition) is 6. The number of anilines is 1. The fourth-order valence-corrected chi connectivity index (χ4v) is 2.27. The monoisotopic (exact) mass is 343 g/mol. The van der Waals surface area contributed by atoms with Gasteiger partial charge in [0.1, 0.15) is 17.5 Å². The van der Waals surface area contributed by atoms with E-state index in [1.807, 2.05) is 26.8 Å². The predicted octanol–water partition coefficient (Wildman–Crippen LogP) is 1.14. The molecule has 132 valence electrons. The third-order valence-corrected chi connectivity index (χ3v) is 3.45. The lowest BCUT2D eigenvalue weighted by molar-refractivity contribution is 0.124. The van der Waals surface area contributed by atoms with Crippen molar-refractivity contribution in [1.82, 2.24) is 14.1 Å². The van der Waals surface area contributed by atoms with Crippen molar-refractivity contribution >= 4 is 5.82 Å². The van der Waals surface area contributed by atoms with E-state index < -0.39 is 11.2 Å². The topological polar surface area (TPSA) is 102 Å². The second-order valence-corrected chi connectivity index (χ2v) is 6.61. The largest absolute Gasteiger partial charge is 0.472 e. The molecule has 2 aromatic rings. The number of nitriles is 1. The standard InChI is InChI=1S/C17H21N5O3/c1-17(2,3)25-13-8-11(6-7-19-13)10-20-14-12(9-18)15(23)22(5)16(24)21(14)4/h6-8,20H,10H2,1-5H3. The summed E-state index contributed by atoms with van der Waals surface area (Å²) < 4.78 is 7.87. The van der Waals surface area contributed by atoms with Crippen molar-refractivity contribution < 1.29 is 4.74 Å². The molecular formula is C17H21N5O3. The fraction of sp³-hybridized carbons (Fsp3) is 0.412. The van der Waals surface area contributed by atoms with E-state index in [4.69, 9.17) is 4.74 Å². The van der Waals surface area contributed by atoms with Gasteiger partial charge in [-0.05, 0) is 32.4 Å². The molecule has 0 saturated heterocycles. The Bertz CT molecular complexity index is 945. The molecule has 0 spiro atoms. The Kier molecular flexibility index (Phi) is 4.97. The van der Waals surface area contributed by atoms with Gasteiger partial charge in [0.05, 0.1) is 0 Å². The highest BCUT2D eigenvalue weighted by Gasteiger charge is 2.16. The Morgan fingerprint density at radius 3 is 2.56 bits per heavy atom. The number of rotatable bonds is 4. The zero-order valence-electron chi connectivity index (χ0n) is 15.0. The van der Waals surface area contributed by atoms with Gasteiger partial charge in [-0.1, -0.05) is 0 Å². The maximum Gasteiger partial charge on any atom is 0.332 e. The third-order valence-electron chi connectivity index (χ3n) is 3.45. The first-order valence-electron chi connectivity index (χ1n) is 7.72. The van der Waals surface area contributed by atoms with E-state index in [2.05, 4.69) is 10.3 Å². The van der Waals surface area contributed by atoms with Crippen LogP contribution in [0, 0.1) is 11.3 Å². The van der Waals surface area contributed by atoms with E-state index in [-0.39, 0.29) is 17.0 Å². The van der Waals surface area contributed by atoms with Gasteiger partial charge >= 0.3 is 5.69 Å². The lowest BCUT2D eigenvalue weighted by atomic mass is 10.2. The molecule has 1 N–H and O–H groups in total. The van der Waals surface area contributed by atoms with Crippen LogP contribution in [-0.2, 0) is 20.6 Å². The minimum atomic E-state index is -0.625. The summed E-state index contributed by atoms with van der Waals surface area (Å²) >= 11 is 0. The van der Waals surface area contributed by atoms with Crippen LogP contribution in [0.5, 0.6) is 5.88 Å². The molecular weight excluding hydrogens is 322 g/mol. The zero-order chi connectivity index (χ0) is 18.8. The molecule has 25 heavy (non-hydrogen) atoms. The van der Waals surface area contributed by atoms with E-state index in [9.17, 15) is 14.9 Å². The highest BCUT2D eigenvalue weighted by molar-refractivity contribution is 5.51. The smallest absolute Gasteiger partial charge is 0.332 e. The lowest BCUT2D eigenvalue weighted by Gasteiger charge is -2.20. The van der Waals surface area contributed by atoms with Gasteiger partial charge in [-0.3, -0.25) is 13.9 Å². The van der Waals surface area contributed by atoms with Gasteiger partial charge in [0, 0.05) is 32.9 Å². The Morgan fingerprint density at radius 1 is 1.28 bits per heavy atom. The Balaban J connectivity index is 2.32. The van der Waals surface area contributed by atoms with Crippen LogP contribution in [0.4, 0.5) is 5.82 Å². The van der Waals surface area contributed by atoms with Crippen molar-refractivity contribution in [3.05, 3.63) is 50.3 Å². The van der Waals surface area contributed by atoms with Crippen LogP contribution < -0.4 is 21.3 Å². The quantitative estimate of drug-likeness (QED) is 0.893. The highest BCUT2D eigenvalue weighted by Crippen LogP contribution is 2.17. The summed E-state index contributed by atoms with van der Waals surface area (Å²) in [6.45, 7) is 6.08. The Hall–Kier alpha value is -3.08. The molecule has 0 unspecified atom stereocenters. The molecule has 0 atom stereocenters. The summed E-state index contributed by atoms with van der Waals surface area (Å²) in [5.74, 6) is 0.663. The summed E-state index contributed by atoms with van der Waals surface area (Å²) in [6.07, 6.45) is 1.62. The Labute approximate surface area is 145 Å². The molecule has 2 rings (SSSR count). The van der Waals surface area contributed by atoms with Gasteiger partial charge in [-0.25, -0.2) is 9.78 Å². The summed E-state index contributed by atoms with van der Waals surface area (Å²) in [4.78, 5) is 28.3. The van der Waals surface area contributed by atoms with E-state index in [1.54, 1.807) is 18.3 Å². The number of aromatic nitrogens is 3. The maximum absolute atomic E-state index is 12.1. The van der Waals surface area contributed by atoms with E-state index >= 15 is 0 Å². The number of hydrogen-bond donors (Lipinski definition) is 1. The van der Waals surface area contributed by atoms with Crippen molar-refractivity contribution in [1.29, 1.82) is 5.26 Å². The average molecular weight is 343 g/mol. The second-order valence-electron chi connectivity index (χ2n) is 6.61. The van der Waals surface area contributed by atoms with Crippen LogP contribution in [0.3, 0.4) is 0 Å². The second kappa shape index (κ2) is 6.81. The molecule has 0 radical (unpaired) electrons. The van der Waals surface area contributed by atoms with Crippen molar-refractivity contribution in [2.45, 2.75) is 32.9 Å². The van der Waals surface area contributed by atoms with Crippen LogP contribution in [0.15, 0.2) is 27.9 Å². The van der Waals surface area contributed by atoms with Gasteiger partial charge < -0.3 is 10.1 Å². The summed E-state index contributed by atoms with van der Waals surface area (Å²) in [6, 6.07) is 5.41. The number of pyridine rings is 1. The van der Waals surface area contributed by atoms with E-state index in [0.29, 0.717) is 12.4 Å². The van der Waals surface area contributed by atoms with Crippen LogP contribution in [-0.4, -0.2) is 19.7 Å². The minimum Gasteiger partial charge on any atom is -0.472 e. The van der Waals surface area contributed by atoms with Crippen molar-refractivity contribution in [2.24, 2.45) is 14.1 Å². The molecule has 0 saturated carbocycles. The van der Waals surface area contributed by atoms with Gasteiger partial charge in [0.2, 0.25) is 5.88 Å². The first-order valence-corrected chi connectivity index (χ1v) is 7.72. The molecule has 0 bridgehead atoms. The molecule has 8 heteroatoms. The van der Waals surface area contributed by atoms with Crippen molar-refractivity contribution in [2.75, 3.05) is 5.32 Å². The minimum absolute atomic E-state index is 0.107. The van der Waals surface area contributed by atoms with E-state index in [1.165, 1.54) is 18.7 Å². The average Bonchev–Trinajstić information content (AvgIpc) is 2.53. The van der Waals surface area contributed by atoms with Crippen LogP contribution in [0.2, 0.25) is 0 Å². The SMILES string of the molecule is Cn1c(NCc2ccnc(OC(C)(C)C)c2)c(C#N)c(=O)n(C)c1=O.